The Balaban J connectivity index is 1.42. The van der Waals surface area contributed by atoms with Crippen molar-refractivity contribution in [3.63, 3.8) is 0 Å². The summed E-state index contributed by atoms with van der Waals surface area (Å²) in [5.74, 6) is 2.14. The van der Waals surface area contributed by atoms with E-state index in [1.165, 1.54) is 32.1 Å². The van der Waals surface area contributed by atoms with E-state index in [0.29, 0.717) is 17.8 Å². The van der Waals surface area contributed by atoms with Crippen molar-refractivity contribution in [3.05, 3.63) is 42.2 Å². The molecule has 2 aromatic heterocycles. The number of hydrogen-bond acceptors (Lipinski definition) is 4. The van der Waals surface area contributed by atoms with Crippen LogP contribution < -0.4 is 4.90 Å². The Labute approximate surface area is 191 Å². The first-order chi connectivity index (χ1) is 15.5. The average Bonchev–Trinajstić information content (AvgIpc) is 3.16. The van der Waals surface area contributed by atoms with Crippen molar-refractivity contribution in [1.82, 2.24) is 14.5 Å². The van der Waals surface area contributed by atoms with Crippen molar-refractivity contribution in [2.75, 3.05) is 38.1 Å². The van der Waals surface area contributed by atoms with E-state index < -0.39 is 0 Å². The molecule has 5 rings (SSSR count). The Bertz CT molecular complexity index is 1070. The lowest BCUT2D eigenvalue weighted by Gasteiger charge is -2.33. The number of hydrogen-bond donors (Lipinski definition) is 1. The molecule has 1 saturated carbocycles. The second kappa shape index (κ2) is 8.78. The number of aromatic nitrogens is 2. The molecule has 0 amide bonds. The maximum atomic E-state index is 11.1. The van der Waals surface area contributed by atoms with Gasteiger partial charge in [0.25, 0.3) is 0 Å². The van der Waals surface area contributed by atoms with Crippen LogP contribution in [-0.2, 0) is 0 Å². The van der Waals surface area contributed by atoms with Gasteiger partial charge in [-0.2, -0.15) is 0 Å². The number of piperazine rings is 1. The molecular weight excluding hydrogens is 396 g/mol. The van der Waals surface area contributed by atoms with Crippen molar-refractivity contribution < 1.29 is 5.11 Å². The molecule has 32 heavy (non-hydrogen) atoms. The van der Waals surface area contributed by atoms with Gasteiger partial charge in [-0.1, -0.05) is 25.3 Å². The van der Waals surface area contributed by atoms with Crippen LogP contribution in [-0.4, -0.2) is 52.8 Å². The number of pyridine rings is 1. The molecule has 2 fully saturated rings. The summed E-state index contributed by atoms with van der Waals surface area (Å²) >= 11 is 0. The van der Waals surface area contributed by atoms with Gasteiger partial charge in [-0.05, 0) is 69.0 Å². The number of fused-ring (bicyclic) bond motifs is 1. The van der Waals surface area contributed by atoms with Crippen LogP contribution in [0, 0.1) is 12.8 Å². The monoisotopic (exact) mass is 432 g/mol. The lowest BCUT2D eigenvalue weighted by Crippen LogP contribution is -2.44. The second-order valence-corrected chi connectivity index (χ2v) is 9.95. The minimum Gasteiger partial charge on any atom is -0.494 e. The summed E-state index contributed by atoms with van der Waals surface area (Å²) in [6, 6.07) is 9.05. The second-order valence-electron chi connectivity index (χ2n) is 9.95. The number of aromatic hydroxyl groups is 1. The summed E-state index contributed by atoms with van der Waals surface area (Å²) in [6.07, 6.45) is 10.7. The molecule has 3 aromatic rings. The van der Waals surface area contributed by atoms with Crippen molar-refractivity contribution >= 4 is 16.6 Å². The van der Waals surface area contributed by atoms with Crippen LogP contribution in [0.2, 0.25) is 0 Å². The molecule has 1 atom stereocenters. The Hall–Kier alpha value is -2.53. The van der Waals surface area contributed by atoms with E-state index >= 15 is 0 Å². The van der Waals surface area contributed by atoms with E-state index in [4.69, 9.17) is 4.98 Å². The van der Waals surface area contributed by atoms with Crippen LogP contribution in [0.15, 0.2) is 36.7 Å². The molecule has 0 spiro atoms. The van der Waals surface area contributed by atoms with Crippen LogP contribution in [0.4, 0.5) is 5.82 Å². The molecule has 5 nitrogen and oxygen atoms in total. The lowest BCUT2D eigenvalue weighted by molar-refractivity contribution is 0.249. The molecule has 1 aliphatic carbocycles. The zero-order chi connectivity index (χ0) is 22.2. The van der Waals surface area contributed by atoms with E-state index in [2.05, 4.69) is 65.7 Å². The molecule has 2 aliphatic rings. The number of aryl methyl sites for hydroxylation is 1. The zero-order valence-electron chi connectivity index (χ0n) is 19.7. The Morgan fingerprint density at radius 2 is 1.75 bits per heavy atom. The van der Waals surface area contributed by atoms with Crippen LogP contribution in [0.25, 0.3) is 21.9 Å². The third kappa shape index (κ3) is 3.99. The summed E-state index contributed by atoms with van der Waals surface area (Å²) < 4.78 is 2.12. The van der Waals surface area contributed by atoms with Crippen molar-refractivity contribution in [2.45, 2.75) is 52.0 Å². The summed E-state index contributed by atoms with van der Waals surface area (Å²) in [5.41, 5.74) is 3.41. The molecule has 0 radical (unpaired) electrons. The highest BCUT2D eigenvalue weighted by atomic mass is 16.3. The largest absolute Gasteiger partial charge is 0.494 e. The number of anilines is 1. The number of rotatable bonds is 4. The molecule has 5 heteroatoms. The maximum Gasteiger partial charge on any atom is 0.199 e. The quantitative estimate of drug-likeness (QED) is 0.582. The predicted octanol–water partition coefficient (Wildman–Crippen LogP) is 5.61. The average molecular weight is 433 g/mol. The van der Waals surface area contributed by atoms with Gasteiger partial charge in [0, 0.05) is 61.0 Å². The molecule has 1 saturated heterocycles. The molecule has 1 aliphatic heterocycles. The van der Waals surface area contributed by atoms with Crippen molar-refractivity contribution in [3.8, 4) is 17.0 Å². The molecule has 0 unspecified atom stereocenters. The number of likely N-dealkylation sites (N-methyl/N-ethyl adjacent to an activating group) is 1. The standard InChI is InChI=1S/C27H36N4O/c1-19-15-23(22-9-10-25(28-17-22)30-13-11-29(3)12-14-30)16-24-18-31(27(32)26(19)24)20(2)21-7-5-4-6-8-21/h9-10,15-18,20-21,32H,4-8,11-14H2,1-3H3/t20-/m0/s1. The van der Waals surface area contributed by atoms with Gasteiger partial charge in [0.2, 0.25) is 0 Å². The topological polar surface area (TPSA) is 44.5 Å². The first-order valence-electron chi connectivity index (χ1n) is 12.3. The highest BCUT2D eigenvalue weighted by Crippen LogP contribution is 2.40. The van der Waals surface area contributed by atoms with Gasteiger partial charge in [-0.15, -0.1) is 0 Å². The minimum absolute atomic E-state index is 0.329. The van der Waals surface area contributed by atoms with Gasteiger partial charge >= 0.3 is 0 Å². The molecule has 1 N–H and O–H groups in total. The Kier molecular flexibility index (Phi) is 5.85. The summed E-state index contributed by atoms with van der Waals surface area (Å²) in [6.45, 7) is 8.59. The fourth-order valence-corrected chi connectivity index (χ4v) is 5.66. The molecule has 0 bridgehead atoms. The molecular formula is C27H36N4O. The Morgan fingerprint density at radius 1 is 1.00 bits per heavy atom. The third-order valence-corrected chi connectivity index (χ3v) is 7.79. The fourth-order valence-electron chi connectivity index (χ4n) is 5.66. The Morgan fingerprint density at radius 3 is 2.44 bits per heavy atom. The van der Waals surface area contributed by atoms with E-state index in [1.54, 1.807) is 0 Å². The SMILES string of the molecule is Cc1cc(-c2ccc(N3CCN(C)CC3)nc2)cc2cn([C@@H](C)C3CCCCC3)c(O)c12. The smallest absolute Gasteiger partial charge is 0.199 e. The van der Waals surface area contributed by atoms with Crippen LogP contribution >= 0.6 is 0 Å². The summed E-state index contributed by atoms with van der Waals surface area (Å²) in [4.78, 5) is 9.50. The van der Waals surface area contributed by atoms with Gasteiger partial charge in [-0.3, -0.25) is 0 Å². The van der Waals surface area contributed by atoms with Crippen LogP contribution in [0.3, 0.4) is 0 Å². The van der Waals surface area contributed by atoms with Gasteiger partial charge < -0.3 is 19.5 Å². The van der Waals surface area contributed by atoms with E-state index in [-0.39, 0.29) is 0 Å². The van der Waals surface area contributed by atoms with E-state index in [1.807, 2.05) is 6.20 Å². The van der Waals surface area contributed by atoms with Gasteiger partial charge in [-0.25, -0.2) is 4.98 Å². The molecule has 1 aromatic carbocycles. The van der Waals surface area contributed by atoms with Crippen LogP contribution in [0.5, 0.6) is 5.88 Å². The van der Waals surface area contributed by atoms with E-state index in [0.717, 1.165) is 59.5 Å². The first kappa shape index (κ1) is 21.3. The van der Waals surface area contributed by atoms with Gasteiger partial charge in [0.15, 0.2) is 5.88 Å². The number of benzene rings is 1. The normalized spacial score (nSPS) is 19.5. The highest BCUT2D eigenvalue weighted by Gasteiger charge is 2.24. The highest BCUT2D eigenvalue weighted by molar-refractivity contribution is 5.94. The van der Waals surface area contributed by atoms with Gasteiger partial charge in [0.1, 0.15) is 5.82 Å². The maximum absolute atomic E-state index is 11.1. The summed E-state index contributed by atoms with van der Waals surface area (Å²) in [7, 11) is 2.17. The lowest BCUT2D eigenvalue weighted by atomic mass is 9.84. The number of nitrogens with zero attached hydrogens (tertiary/aromatic N) is 4. The first-order valence-corrected chi connectivity index (χ1v) is 12.3. The molecule has 170 valence electrons. The molecule has 3 heterocycles. The van der Waals surface area contributed by atoms with Crippen molar-refractivity contribution in [1.29, 1.82) is 0 Å². The minimum atomic E-state index is 0.329. The third-order valence-electron chi connectivity index (χ3n) is 7.79. The fraction of sp³-hybridized carbons (Fsp3) is 0.519. The van der Waals surface area contributed by atoms with Crippen molar-refractivity contribution in [2.24, 2.45) is 5.92 Å². The van der Waals surface area contributed by atoms with Crippen LogP contribution in [0.1, 0.15) is 50.6 Å². The predicted molar refractivity (Wildman–Crippen MR) is 133 cm³/mol. The van der Waals surface area contributed by atoms with E-state index in [9.17, 15) is 5.11 Å². The van der Waals surface area contributed by atoms with Gasteiger partial charge in [0.05, 0.1) is 0 Å². The zero-order valence-corrected chi connectivity index (χ0v) is 19.7. The summed E-state index contributed by atoms with van der Waals surface area (Å²) in [5, 5.41) is 13.2.